The second-order valence-electron chi connectivity index (χ2n) is 4.89. The highest BCUT2D eigenvalue weighted by atomic mass is 16.1. The summed E-state index contributed by atoms with van der Waals surface area (Å²) in [4.78, 5) is 11.3. The molecule has 1 aromatic heterocycles. The van der Waals surface area contributed by atoms with Gasteiger partial charge in [-0.1, -0.05) is 13.0 Å². The molecule has 20 heavy (non-hydrogen) atoms. The molecule has 1 heterocycles. The highest BCUT2D eigenvalue weighted by Crippen LogP contribution is 2.19. The van der Waals surface area contributed by atoms with Crippen LogP contribution in [0.3, 0.4) is 0 Å². The first-order chi connectivity index (χ1) is 9.63. The smallest absolute Gasteiger partial charge is 0.249 e. The van der Waals surface area contributed by atoms with Gasteiger partial charge in [0.25, 0.3) is 0 Å². The number of carbonyl (C=O) groups is 1. The molecule has 0 unspecified atom stereocenters. The standard InChI is InChI=1S/C16H21N3O/c1-3-9-19-10-5-6-13(19)11-18-15-8-4-7-14(12(15)2)16(17)20/h4-8,10,18H,3,9,11H2,1-2H3,(H2,17,20). The van der Waals surface area contributed by atoms with Gasteiger partial charge >= 0.3 is 0 Å². The number of benzene rings is 1. The van der Waals surface area contributed by atoms with Crippen molar-refractivity contribution in [2.75, 3.05) is 5.32 Å². The molecule has 106 valence electrons. The Labute approximate surface area is 119 Å². The minimum atomic E-state index is -0.388. The van der Waals surface area contributed by atoms with Gasteiger partial charge < -0.3 is 15.6 Å². The molecular weight excluding hydrogens is 250 g/mol. The summed E-state index contributed by atoms with van der Waals surface area (Å²) in [6.45, 7) is 5.82. The molecule has 0 aliphatic heterocycles. The van der Waals surface area contributed by atoms with Gasteiger partial charge in [0.15, 0.2) is 0 Å². The first kappa shape index (κ1) is 14.2. The third kappa shape index (κ3) is 3.02. The third-order valence-corrected chi connectivity index (χ3v) is 3.45. The molecule has 3 N–H and O–H groups in total. The zero-order chi connectivity index (χ0) is 14.5. The molecule has 0 spiro atoms. The van der Waals surface area contributed by atoms with Crippen LogP contribution in [0.4, 0.5) is 5.69 Å². The van der Waals surface area contributed by atoms with Crippen molar-refractivity contribution in [3.05, 3.63) is 53.3 Å². The molecule has 0 aliphatic carbocycles. The van der Waals surface area contributed by atoms with Crippen molar-refractivity contribution >= 4 is 11.6 Å². The number of primary amides is 1. The number of hydrogen-bond acceptors (Lipinski definition) is 2. The number of anilines is 1. The van der Waals surface area contributed by atoms with Gasteiger partial charge in [-0.05, 0) is 43.2 Å². The Balaban J connectivity index is 2.13. The molecule has 0 bridgehead atoms. The van der Waals surface area contributed by atoms with Crippen LogP contribution in [0.5, 0.6) is 0 Å². The van der Waals surface area contributed by atoms with Gasteiger partial charge in [0.2, 0.25) is 5.91 Å². The lowest BCUT2D eigenvalue weighted by atomic mass is 10.1. The molecule has 4 heteroatoms. The molecule has 1 amide bonds. The number of aromatic nitrogens is 1. The molecule has 0 atom stereocenters. The van der Waals surface area contributed by atoms with Crippen LogP contribution >= 0.6 is 0 Å². The van der Waals surface area contributed by atoms with E-state index in [0.29, 0.717) is 5.56 Å². The Morgan fingerprint density at radius 1 is 1.30 bits per heavy atom. The highest BCUT2D eigenvalue weighted by Gasteiger charge is 2.08. The van der Waals surface area contributed by atoms with Crippen molar-refractivity contribution in [2.24, 2.45) is 5.73 Å². The largest absolute Gasteiger partial charge is 0.379 e. The van der Waals surface area contributed by atoms with Gasteiger partial charge in [0, 0.05) is 29.7 Å². The number of rotatable bonds is 6. The normalized spacial score (nSPS) is 10.5. The van der Waals surface area contributed by atoms with Crippen molar-refractivity contribution < 1.29 is 4.79 Å². The topological polar surface area (TPSA) is 60.1 Å². The molecule has 2 aromatic rings. The summed E-state index contributed by atoms with van der Waals surface area (Å²) in [5, 5.41) is 3.38. The van der Waals surface area contributed by atoms with Gasteiger partial charge in [-0.3, -0.25) is 4.79 Å². The fourth-order valence-electron chi connectivity index (χ4n) is 2.35. The number of hydrogen-bond donors (Lipinski definition) is 2. The summed E-state index contributed by atoms with van der Waals surface area (Å²) in [5.41, 5.74) is 9.01. The Hall–Kier alpha value is -2.23. The van der Waals surface area contributed by atoms with Crippen molar-refractivity contribution in [3.8, 4) is 0 Å². The minimum absolute atomic E-state index is 0.388. The second-order valence-corrected chi connectivity index (χ2v) is 4.89. The van der Waals surface area contributed by atoms with Crippen molar-refractivity contribution in [2.45, 2.75) is 33.4 Å². The predicted octanol–water partition coefficient (Wildman–Crippen LogP) is 2.92. The van der Waals surface area contributed by atoms with Crippen LogP contribution in [-0.4, -0.2) is 10.5 Å². The number of carbonyl (C=O) groups excluding carboxylic acids is 1. The zero-order valence-electron chi connectivity index (χ0n) is 12.0. The maximum atomic E-state index is 11.3. The lowest BCUT2D eigenvalue weighted by molar-refractivity contribution is 0.1000. The quantitative estimate of drug-likeness (QED) is 0.848. The minimum Gasteiger partial charge on any atom is -0.379 e. The lowest BCUT2D eigenvalue weighted by Gasteiger charge is -2.13. The Morgan fingerprint density at radius 2 is 2.10 bits per heavy atom. The molecule has 0 fully saturated rings. The average molecular weight is 271 g/mol. The fourth-order valence-corrected chi connectivity index (χ4v) is 2.35. The summed E-state index contributed by atoms with van der Waals surface area (Å²) in [6, 6.07) is 9.73. The highest BCUT2D eigenvalue weighted by molar-refractivity contribution is 5.95. The van der Waals surface area contributed by atoms with Crippen molar-refractivity contribution in [1.29, 1.82) is 0 Å². The van der Waals surface area contributed by atoms with Crippen molar-refractivity contribution in [3.63, 3.8) is 0 Å². The summed E-state index contributed by atoms with van der Waals surface area (Å²) < 4.78 is 2.24. The van der Waals surface area contributed by atoms with E-state index in [9.17, 15) is 4.79 Å². The molecule has 0 aliphatic rings. The van der Waals surface area contributed by atoms with Crippen LogP contribution < -0.4 is 11.1 Å². The van der Waals surface area contributed by atoms with Crippen LogP contribution in [-0.2, 0) is 13.1 Å². The van der Waals surface area contributed by atoms with Gasteiger partial charge in [-0.25, -0.2) is 0 Å². The van der Waals surface area contributed by atoms with Gasteiger partial charge in [-0.15, -0.1) is 0 Å². The fraction of sp³-hybridized carbons (Fsp3) is 0.312. The van der Waals surface area contributed by atoms with Crippen LogP contribution in [0.15, 0.2) is 36.5 Å². The molecule has 2 rings (SSSR count). The summed E-state index contributed by atoms with van der Waals surface area (Å²) in [6.07, 6.45) is 3.20. The SMILES string of the molecule is CCCn1cccc1CNc1cccc(C(N)=O)c1C. The van der Waals surface area contributed by atoms with Crippen LogP contribution in [0.25, 0.3) is 0 Å². The average Bonchev–Trinajstić information content (AvgIpc) is 2.85. The Morgan fingerprint density at radius 3 is 2.80 bits per heavy atom. The zero-order valence-corrected chi connectivity index (χ0v) is 12.0. The van der Waals surface area contributed by atoms with E-state index in [1.807, 2.05) is 19.1 Å². The first-order valence-electron chi connectivity index (χ1n) is 6.90. The van der Waals surface area contributed by atoms with Crippen molar-refractivity contribution in [1.82, 2.24) is 4.57 Å². The van der Waals surface area contributed by atoms with E-state index in [4.69, 9.17) is 5.73 Å². The van der Waals surface area contributed by atoms with Crippen LogP contribution in [0, 0.1) is 6.92 Å². The molecular formula is C16H21N3O. The molecule has 0 saturated carbocycles. The third-order valence-electron chi connectivity index (χ3n) is 3.45. The molecule has 1 aromatic carbocycles. The van der Waals surface area contributed by atoms with E-state index >= 15 is 0 Å². The van der Waals surface area contributed by atoms with Crippen LogP contribution in [0.2, 0.25) is 0 Å². The van der Waals surface area contributed by atoms with E-state index < -0.39 is 0 Å². The van der Waals surface area contributed by atoms with E-state index in [-0.39, 0.29) is 5.91 Å². The first-order valence-corrected chi connectivity index (χ1v) is 6.90. The van der Waals surface area contributed by atoms with E-state index in [2.05, 4.69) is 35.1 Å². The van der Waals surface area contributed by atoms with E-state index in [1.165, 1.54) is 5.69 Å². The summed E-state index contributed by atoms with van der Waals surface area (Å²) >= 11 is 0. The van der Waals surface area contributed by atoms with Gasteiger partial charge in [0.05, 0.1) is 6.54 Å². The number of nitrogens with two attached hydrogens (primary N) is 1. The molecule has 4 nitrogen and oxygen atoms in total. The predicted molar refractivity (Wildman–Crippen MR) is 81.7 cm³/mol. The maximum Gasteiger partial charge on any atom is 0.249 e. The molecule has 0 radical (unpaired) electrons. The summed E-state index contributed by atoms with van der Waals surface area (Å²) in [7, 11) is 0. The lowest BCUT2D eigenvalue weighted by Crippen LogP contribution is -2.14. The van der Waals surface area contributed by atoms with Gasteiger partial charge in [-0.2, -0.15) is 0 Å². The molecule has 0 saturated heterocycles. The second kappa shape index (κ2) is 6.28. The number of nitrogens with one attached hydrogen (secondary N) is 1. The van der Waals surface area contributed by atoms with Gasteiger partial charge in [0.1, 0.15) is 0 Å². The number of aryl methyl sites for hydroxylation is 1. The number of amides is 1. The maximum absolute atomic E-state index is 11.3. The Bertz CT molecular complexity index is 602. The van der Waals surface area contributed by atoms with E-state index in [1.54, 1.807) is 6.07 Å². The van der Waals surface area contributed by atoms with Crippen LogP contribution in [0.1, 0.15) is 35.0 Å². The Kier molecular flexibility index (Phi) is 4.45. The number of nitrogens with zero attached hydrogens (tertiary/aromatic N) is 1. The van der Waals surface area contributed by atoms with E-state index in [0.717, 1.165) is 30.8 Å². The summed E-state index contributed by atoms with van der Waals surface area (Å²) in [5.74, 6) is -0.388. The monoisotopic (exact) mass is 271 g/mol.